The van der Waals surface area contributed by atoms with Gasteiger partial charge in [-0.05, 0) is 43.2 Å². The summed E-state index contributed by atoms with van der Waals surface area (Å²) in [7, 11) is 0. The minimum absolute atomic E-state index is 0.111. The molecule has 0 spiro atoms. The molecule has 3 atom stereocenters. The lowest BCUT2D eigenvalue weighted by molar-refractivity contribution is -0.142. The van der Waals surface area contributed by atoms with Gasteiger partial charge in [-0.3, -0.25) is 9.59 Å². The van der Waals surface area contributed by atoms with Crippen molar-refractivity contribution in [1.82, 2.24) is 4.90 Å². The average molecular weight is 301 g/mol. The van der Waals surface area contributed by atoms with Crippen LogP contribution in [-0.4, -0.2) is 27.9 Å². The van der Waals surface area contributed by atoms with Crippen LogP contribution in [0, 0.1) is 11.8 Å². The highest BCUT2D eigenvalue weighted by atomic mass is 16.4. The molecule has 1 aliphatic carbocycles. The van der Waals surface area contributed by atoms with Gasteiger partial charge in [-0.2, -0.15) is 0 Å². The summed E-state index contributed by atoms with van der Waals surface area (Å²) in [6.45, 7) is 2.79. The second kappa shape index (κ2) is 6.11. The summed E-state index contributed by atoms with van der Waals surface area (Å²) in [5.41, 5.74) is 2.57. The number of carbonyl (C=O) groups excluding carboxylic acids is 1. The molecule has 2 aliphatic rings. The summed E-state index contributed by atoms with van der Waals surface area (Å²) in [4.78, 5) is 26.0. The molecule has 4 nitrogen and oxygen atoms in total. The molecule has 1 aromatic rings. The third kappa shape index (κ3) is 2.74. The molecule has 1 fully saturated rings. The van der Waals surface area contributed by atoms with Crippen molar-refractivity contribution in [1.29, 1.82) is 0 Å². The summed E-state index contributed by atoms with van der Waals surface area (Å²) in [5, 5.41) is 9.13. The molecule has 1 aromatic carbocycles. The zero-order valence-corrected chi connectivity index (χ0v) is 13.0. The Morgan fingerprint density at radius 1 is 1.18 bits per heavy atom. The van der Waals surface area contributed by atoms with Crippen molar-refractivity contribution in [2.24, 2.45) is 11.8 Å². The molecular weight excluding hydrogens is 278 g/mol. The molecule has 1 unspecified atom stereocenters. The zero-order valence-electron chi connectivity index (χ0n) is 13.0. The number of carboxylic acid groups (broad SMARTS) is 1. The third-order valence-corrected chi connectivity index (χ3v) is 5.24. The quantitative estimate of drug-likeness (QED) is 0.934. The summed E-state index contributed by atoms with van der Waals surface area (Å²) in [6, 6.07) is 8.55. The van der Waals surface area contributed by atoms with E-state index in [9.17, 15) is 9.59 Å². The lowest BCUT2D eigenvalue weighted by atomic mass is 9.91. The average Bonchev–Trinajstić information content (AvgIpc) is 3.03. The number of carboxylic acids is 1. The van der Waals surface area contributed by atoms with E-state index in [4.69, 9.17) is 5.11 Å². The molecule has 4 heteroatoms. The Bertz CT molecular complexity index is 583. The van der Waals surface area contributed by atoms with Crippen LogP contribution < -0.4 is 0 Å². The zero-order chi connectivity index (χ0) is 15.7. The number of fused-ring (bicyclic) bond motifs is 1. The van der Waals surface area contributed by atoms with Crippen molar-refractivity contribution < 1.29 is 14.7 Å². The fraction of sp³-hybridized carbons (Fsp3) is 0.556. The lowest BCUT2D eigenvalue weighted by Crippen LogP contribution is -2.46. The fourth-order valence-electron chi connectivity index (χ4n) is 3.87. The second-order valence-corrected chi connectivity index (χ2v) is 6.55. The molecule has 0 aromatic heterocycles. The van der Waals surface area contributed by atoms with Crippen molar-refractivity contribution in [2.75, 3.05) is 0 Å². The van der Waals surface area contributed by atoms with E-state index in [1.807, 2.05) is 11.0 Å². The maximum atomic E-state index is 12.9. The van der Waals surface area contributed by atoms with Gasteiger partial charge in [-0.1, -0.05) is 31.2 Å². The number of carbonyl (C=O) groups is 2. The van der Waals surface area contributed by atoms with Gasteiger partial charge >= 0.3 is 5.97 Å². The number of hydrogen-bond donors (Lipinski definition) is 1. The van der Waals surface area contributed by atoms with Crippen molar-refractivity contribution in [3.63, 3.8) is 0 Å². The van der Waals surface area contributed by atoms with Gasteiger partial charge in [0, 0.05) is 18.5 Å². The third-order valence-electron chi connectivity index (χ3n) is 5.24. The minimum Gasteiger partial charge on any atom is -0.481 e. The highest BCUT2D eigenvalue weighted by Crippen LogP contribution is 2.35. The van der Waals surface area contributed by atoms with E-state index in [0.717, 1.165) is 12.8 Å². The van der Waals surface area contributed by atoms with Gasteiger partial charge in [0.25, 0.3) is 0 Å². The first-order chi connectivity index (χ1) is 10.6. The van der Waals surface area contributed by atoms with Gasteiger partial charge in [-0.25, -0.2) is 0 Å². The van der Waals surface area contributed by atoms with Crippen LogP contribution in [0.25, 0.3) is 0 Å². The molecule has 3 rings (SSSR count). The number of nitrogens with zero attached hydrogens (tertiary/aromatic N) is 1. The van der Waals surface area contributed by atoms with Crippen molar-refractivity contribution in [3.8, 4) is 0 Å². The number of benzene rings is 1. The van der Waals surface area contributed by atoms with Crippen LogP contribution in [0.15, 0.2) is 24.3 Å². The highest BCUT2D eigenvalue weighted by Gasteiger charge is 2.38. The maximum Gasteiger partial charge on any atom is 0.306 e. The Hall–Kier alpha value is -1.84. The fourth-order valence-corrected chi connectivity index (χ4v) is 3.87. The molecule has 1 amide bonds. The molecule has 0 bridgehead atoms. The van der Waals surface area contributed by atoms with E-state index in [0.29, 0.717) is 25.8 Å². The Kier molecular flexibility index (Phi) is 4.19. The van der Waals surface area contributed by atoms with Crippen LogP contribution in [0.3, 0.4) is 0 Å². The van der Waals surface area contributed by atoms with E-state index >= 15 is 0 Å². The van der Waals surface area contributed by atoms with Crippen LogP contribution in [-0.2, 0) is 22.6 Å². The van der Waals surface area contributed by atoms with Crippen molar-refractivity contribution in [3.05, 3.63) is 35.4 Å². The molecule has 0 saturated heterocycles. The predicted molar refractivity (Wildman–Crippen MR) is 83.2 cm³/mol. The Labute approximate surface area is 131 Å². The van der Waals surface area contributed by atoms with Crippen LogP contribution in [0.1, 0.15) is 43.7 Å². The number of amides is 1. The van der Waals surface area contributed by atoms with E-state index < -0.39 is 5.97 Å². The lowest BCUT2D eigenvalue weighted by Gasteiger charge is -2.38. The predicted octanol–water partition coefficient (Wildman–Crippen LogP) is 2.85. The van der Waals surface area contributed by atoms with Gasteiger partial charge in [0.15, 0.2) is 0 Å². The molecular formula is C18H23NO3. The smallest absolute Gasteiger partial charge is 0.306 e. The van der Waals surface area contributed by atoms with Gasteiger partial charge in [0.05, 0.1) is 5.92 Å². The molecule has 1 heterocycles. The van der Waals surface area contributed by atoms with Gasteiger partial charge in [0.1, 0.15) is 0 Å². The van der Waals surface area contributed by atoms with Crippen molar-refractivity contribution >= 4 is 11.9 Å². The molecule has 1 saturated carbocycles. The molecule has 1 N–H and O–H groups in total. The Morgan fingerprint density at radius 2 is 1.86 bits per heavy atom. The summed E-state index contributed by atoms with van der Waals surface area (Å²) in [5.74, 6) is -1.05. The summed E-state index contributed by atoms with van der Waals surface area (Å²) >= 11 is 0. The van der Waals surface area contributed by atoms with Gasteiger partial charge < -0.3 is 10.0 Å². The van der Waals surface area contributed by atoms with Gasteiger partial charge in [0.2, 0.25) is 5.91 Å². The van der Waals surface area contributed by atoms with Crippen LogP contribution in [0.5, 0.6) is 0 Å². The van der Waals surface area contributed by atoms with E-state index in [-0.39, 0.29) is 23.8 Å². The number of hydrogen-bond acceptors (Lipinski definition) is 2. The first kappa shape index (κ1) is 15.1. The topological polar surface area (TPSA) is 57.6 Å². The van der Waals surface area contributed by atoms with Crippen LogP contribution in [0.4, 0.5) is 0 Å². The normalized spacial score (nSPS) is 27.5. The minimum atomic E-state index is -0.758. The first-order valence-corrected chi connectivity index (χ1v) is 8.20. The maximum absolute atomic E-state index is 12.9. The van der Waals surface area contributed by atoms with Crippen LogP contribution >= 0.6 is 0 Å². The highest BCUT2D eigenvalue weighted by molar-refractivity contribution is 5.81. The van der Waals surface area contributed by atoms with Crippen LogP contribution in [0.2, 0.25) is 0 Å². The van der Waals surface area contributed by atoms with E-state index in [1.165, 1.54) is 11.1 Å². The Balaban J connectivity index is 1.76. The molecule has 22 heavy (non-hydrogen) atoms. The van der Waals surface area contributed by atoms with Crippen molar-refractivity contribution in [2.45, 2.75) is 51.6 Å². The summed E-state index contributed by atoms with van der Waals surface area (Å²) < 4.78 is 0. The molecule has 118 valence electrons. The number of aliphatic carboxylic acids is 1. The molecule has 1 aliphatic heterocycles. The Morgan fingerprint density at radius 3 is 2.50 bits per heavy atom. The number of rotatable bonds is 3. The SMILES string of the molecule is CCC1Cc2ccccc2CN1C(=O)[C@@H]1CC[C@H](C(=O)O)C1. The van der Waals surface area contributed by atoms with Gasteiger partial charge in [-0.15, -0.1) is 0 Å². The second-order valence-electron chi connectivity index (χ2n) is 6.55. The largest absolute Gasteiger partial charge is 0.481 e. The standard InChI is InChI=1S/C18H23NO3/c1-2-16-10-12-5-3-4-6-15(12)11-19(16)17(20)13-7-8-14(9-13)18(21)22/h3-6,13-14,16H,2,7-11H2,1H3,(H,21,22)/t13-,14+,16?/m1/s1. The molecule has 0 radical (unpaired) electrons. The monoisotopic (exact) mass is 301 g/mol. The van der Waals surface area contributed by atoms with E-state index in [1.54, 1.807) is 0 Å². The van der Waals surface area contributed by atoms with E-state index in [2.05, 4.69) is 25.1 Å². The summed E-state index contributed by atoms with van der Waals surface area (Å²) in [6.07, 6.45) is 3.70. The first-order valence-electron chi connectivity index (χ1n) is 8.20.